The molecule has 1 heterocycles. The summed E-state index contributed by atoms with van der Waals surface area (Å²) in [6.45, 7) is 3.20. The van der Waals surface area contributed by atoms with Crippen LogP contribution in [0.1, 0.15) is 19.8 Å². The van der Waals surface area contributed by atoms with Crippen LogP contribution >= 0.6 is 27.5 Å². The Balaban J connectivity index is 1.72. The highest BCUT2D eigenvalue weighted by Crippen LogP contribution is 2.27. The Bertz CT molecular complexity index is 714. The molecule has 1 atom stereocenters. The van der Waals surface area contributed by atoms with E-state index in [9.17, 15) is 13.2 Å². The van der Waals surface area contributed by atoms with Gasteiger partial charge in [0, 0.05) is 23.6 Å². The summed E-state index contributed by atoms with van der Waals surface area (Å²) in [5.74, 6) is 0.811. The van der Waals surface area contributed by atoms with E-state index in [0.29, 0.717) is 43.3 Å². The number of ether oxygens (including phenoxy) is 1. The van der Waals surface area contributed by atoms with Crippen molar-refractivity contribution >= 4 is 43.4 Å². The number of nitrogens with zero attached hydrogens (tertiary/aromatic N) is 1. The molecule has 9 heteroatoms. The first kappa shape index (κ1) is 20.3. The summed E-state index contributed by atoms with van der Waals surface area (Å²) in [6.07, 6.45) is 1.13. The molecule has 0 aromatic heterocycles. The molecule has 2 rings (SSSR count). The second kappa shape index (κ2) is 9.09. The Labute approximate surface area is 161 Å². The molecule has 0 saturated carbocycles. The van der Waals surface area contributed by atoms with Crippen LogP contribution < -0.4 is 10.1 Å². The van der Waals surface area contributed by atoms with Gasteiger partial charge in [0.1, 0.15) is 5.75 Å². The summed E-state index contributed by atoms with van der Waals surface area (Å²) < 4.78 is 29.6. The minimum Gasteiger partial charge on any atom is -0.492 e. The van der Waals surface area contributed by atoms with Gasteiger partial charge in [-0.3, -0.25) is 0 Å². The number of nitrogens with one attached hydrogen (secondary N) is 1. The molecule has 1 saturated heterocycles. The van der Waals surface area contributed by atoms with Crippen LogP contribution in [0.25, 0.3) is 0 Å². The molecule has 1 fully saturated rings. The zero-order valence-corrected chi connectivity index (χ0v) is 17.2. The lowest BCUT2D eigenvalue weighted by atomic mass is 10.2. The van der Waals surface area contributed by atoms with Crippen LogP contribution in [-0.2, 0) is 9.84 Å². The van der Waals surface area contributed by atoms with E-state index >= 15 is 0 Å². The molecule has 0 aliphatic carbocycles. The standard InChI is InChI=1S/C16H22BrClN2O4S/c1-2-20(13-6-9-25(22,23)11-13)16(21)19-7-3-8-24-15-5-4-12(17)10-14(15)18/h4-5,10,13H,2-3,6-9,11H2,1H3,(H,19,21). The van der Waals surface area contributed by atoms with Crippen molar-refractivity contribution in [1.29, 1.82) is 0 Å². The summed E-state index contributed by atoms with van der Waals surface area (Å²) in [7, 11) is -3.01. The average molecular weight is 454 g/mol. The zero-order valence-electron chi connectivity index (χ0n) is 14.0. The zero-order chi connectivity index (χ0) is 18.4. The van der Waals surface area contributed by atoms with Gasteiger partial charge in [-0.05, 0) is 38.0 Å². The van der Waals surface area contributed by atoms with Crippen LogP contribution in [0.2, 0.25) is 5.02 Å². The first-order valence-corrected chi connectivity index (χ1v) is 11.1. The fourth-order valence-corrected chi connectivity index (χ4v) is 5.19. The van der Waals surface area contributed by atoms with Crippen molar-refractivity contribution in [3.8, 4) is 5.75 Å². The van der Waals surface area contributed by atoms with E-state index in [4.69, 9.17) is 16.3 Å². The molecule has 1 aliphatic rings. The molecule has 1 aliphatic heterocycles. The summed E-state index contributed by atoms with van der Waals surface area (Å²) in [5, 5.41) is 3.35. The summed E-state index contributed by atoms with van der Waals surface area (Å²) in [4.78, 5) is 13.8. The molecule has 1 aromatic carbocycles. The number of hydrogen-bond acceptors (Lipinski definition) is 4. The van der Waals surface area contributed by atoms with Crippen LogP contribution in [0.5, 0.6) is 5.75 Å². The van der Waals surface area contributed by atoms with Crippen molar-refractivity contribution in [2.75, 3.05) is 31.2 Å². The van der Waals surface area contributed by atoms with E-state index in [-0.39, 0.29) is 23.6 Å². The SMILES string of the molecule is CCN(C(=O)NCCCOc1ccc(Br)cc1Cl)C1CCS(=O)(=O)C1. The second-order valence-corrected chi connectivity index (χ2v) is 9.40. The van der Waals surface area contributed by atoms with Crippen molar-refractivity contribution in [3.05, 3.63) is 27.7 Å². The van der Waals surface area contributed by atoms with Gasteiger partial charge in [-0.1, -0.05) is 27.5 Å². The van der Waals surface area contributed by atoms with E-state index in [1.54, 1.807) is 17.0 Å². The third-order valence-corrected chi connectivity index (χ3v) is 6.54. The van der Waals surface area contributed by atoms with Crippen molar-refractivity contribution in [1.82, 2.24) is 10.2 Å². The number of urea groups is 1. The molecule has 140 valence electrons. The van der Waals surface area contributed by atoms with E-state index in [1.165, 1.54) is 0 Å². The maximum absolute atomic E-state index is 12.2. The van der Waals surface area contributed by atoms with Gasteiger partial charge in [0.2, 0.25) is 0 Å². The van der Waals surface area contributed by atoms with Gasteiger partial charge >= 0.3 is 6.03 Å². The van der Waals surface area contributed by atoms with Crippen LogP contribution in [0.4, 0.5) is 4.79 Å². The van der Waals surface area contributed by atoms with Crippen LogP contribution in [-0.4, -0.2) is 56.6 Å². The predicted octanol–water partition coefficient (Wildman–Crippen LogP) is 3.09. The molecule has 1 N–H and O–H groups in total. The maximum atomic E-state index is 12.2. The van der Waals surface area contributed by atoms with E-state index in [1.807, 2.05) is 13.0 Å². The lowest BCUT2D eigenvalue weighted by Gasteiger charge is -2.27. The highest BCUT2D eigenvalue weighted by atomic mass is 79.9. The molecule has 1 unspecified atom stereocenters. The fraction of sp³-hybridized carbons (Fsp3) is 0.562. The van der Waals surface area contributed by atoms with Gasteiger partial charge in [-0.25, -0.2) is 13.2 Å². The number of halogens is 2. The first-order chi connectivity index (χ1) is 11.8. The minimum atomic E-state index is -3.01. The predicted molar refractivity (Wildman–Crippen MR) is 102 cm³/mol. The van der Waals surface area contributed by atoms with Gasteiger partial charge in [-0.2, -0.15) is 0 Å². The minimum absolute atomic E-state index is 0.0550. The summed E-state index contributed by atoms with van der Waals surface area (Å²) >= 11 is 9.40. The summed E-state index contributed by atoms with van der Waals surface area (Å²) in [5.41, 5.74) is 0. The first-order valence-electron chi connectivity index (χ1n) is 8.15. The normalized spacial score (nSPS) is 18.8. The molecular formula is C16H22BrClN2O4S. The van der Waals surface area contributed by atoms with E-state index in [2.05, 4.69) is 21.2 Å². The largest absolute Gasteiger partial charge is 0.492 e. The average Bonchev–Trinajstić information content (AvgIpc) is 2.89. The number of carbonyl (C=O) groups is 1. The van der Waals surface area contributed by atoms with E-state index < -0.39 is 9.84 Å². The quantitative estimate of drug-likeness (QED) is 0.644. The number of amides is 2. The van der Waals surface area contributed by atoms with Crippen molar-refractivity contribution in [2.24, 2.45) is 0 Å². The van der Waals surface area contributed by atoms with E-state index in [0.717, 1.165) is 4.47 Å². The van der Waals surface area contributed by atoms with Gasteiger partial charge in [-0.15, -0.1) is 0 Å². The van der Waals surface area contributed by atoms with Gasteiger partial charge < -0.3 is 15.0 Å². The van der Waals surface area contributed by atoms with Crippen LogP contribution in [0.3, 0.4) is 0 Å². The molecule has 6 nitrogen and oxygen atoms in total. The lowest BCUT2D eigenvalue weighted by molar-refractivity contribution is 0.183. The van der Waals surface area contributed by atoms with Crippen molar-refractivity contribution < 1.29 is 17.9 Å². The van der Waals surface area contributed by atoms with Crippen LogP contribution in [0, 0.1) is 0 Å². The van der Waals surface area contributed by atoms with Crippen molar-refractivity contribution in [3.63, 3.8) is 0 Å². The van der Waals surface area contributed by atoms with Crippen molar-refractivity contribution in [2.45, 2.75) is 25.8 Å². The topological polar surface area (TPSA) is 75.7 Å². The molecule has 2 amide bonds. The Kier molecular flexibility index (Phi) is 7.39. The smallest absolute Gasteiger partial charge is 0.317 e. The number of hydrogen-bond donors (Lipinski definition) is 1. The monoisotopic (exact) mass is 452 g/mol. The number of sulfone groups is 1. The van der Waals surface area contributed by atoms with Gasteiger partial charge in [0.25, 0.3) is 0 Å². The molecule has 1 aromatic rings. The number of benzene rings is 1. The second-order valence-electron chi connectivity index (χ2n) is 5.85. The van der Waals surface area contributed by atoms with Gasteiger partial charge in [0.05, 0.1) is 23.1 Å². The van der Waals surface area contributed by atoms with Gasteiger partial charge in [0.15, 0.2) is 9.84 Å². The Morgan fingerprint density at radius 2 is 2.24 bits per heavy atom. The lowest BCUT2D eigenvalue weighted by Crippen LogP contribution is -2.47. The molecule has 0 bridgehead atoms. The molecule has 0 radical (unpaired) electrons. The molecule has 0 spiro atoms. The maximum Gasteiger partial charge on any atom is 0.317 e. The third kappa shape index (κ3) is 6.04. The summed E-state index contributed by atoms with van der Waals surface area (Å²) in [6, 6.07) is 4.93. The number of carbonyl (C=O) groups excluding carboxylic acids is 1. The van der Waals surface area contributed by atoms with Crippen LogP contribution in [0.15, 0.2) is 22.7 Å². The Morgan fingerprint density at radius 1 is 1.48 bits per heavy atom. The Morgan fingerprint density at radius 3 is 2.84 bits per heavy atom. The fourth-order valence-electron chi connectivity index (χ4n) is 2.73. The Hall–Kier alpha value is -0.990. The molecular weight excluding hydrogens is 432 g/mol. The molecule has 25 heavy (non-hydrogen) atoms. The highest BCUT2D eigenvalue weighted by molar-refractivity contribution is 9.10. The number of rotatable bonds is 7. The highest BCUT2D eigenvalue weighted by Gasteiger charge is 2.33. The third-order valence-electron chi connectivity index (χ3n) is 4.00.